The molecule has 4 aromatic rings. The number of sulfonamides is 1. The molecule has 236 valence electrons. The standard InChI is InChI=1S/C35H38BrN3O5S/c1-26(2)23-37-35(41)33(22-27-10-6-4-7-11-27)38(24-28-14-16-29(36)17-15-28)34(40)25-39(30-18-20-31(44-3)21-19-30)45(42,43)32-12-8-5-9-13-32/h4-21,26,33H,22-25H2,1-3H3,(H,37,41). The minimum atomic E-state index is -4.17. The monoisotopic (exact) mass is 691 g/mol. The fourth-order valence-electron chi connectivity index (χ4n) is 4.76. The summed E-state index contributed by atoms with van der Waals surface area (Å²) in [6.45, 7) is 4.00. The number of nitrogens with one attached hydrogen (secondary N) is 1. The van der Waals surface area contributed by atoms with Crippen molar-refractivity contribution in [1.29, 1.82) is 0 Å². The van der Waals surface area contributed by atoms with Crippen LogP contribution in [0.3, 0.4) is 0 Å². The summed E-state index contributed by atoms with van der Waals surface area (Å²) in [5.41, 5.74) is 1.96. The third-order valence-electron chi connectivity index (χ3n) is 7.19. The van der Waals surface area contributed by atoms with Gasteiger partial charge in [0.05, 0.1) is 17.7 Å². The van der Waals surface area contributed by atoms with E-state index in [-0.39, 0.29) is 29.7 Å². The number of rotatable bonds is 14. The lowest BCUT2D eigenvalue weighted by Gasteiger charge is -2.34. The Kier molecular flexibility index (Phi) is 11.8. The van der Waals surface area contributed by atoms with Gasteiger partial charge in [-0.25, -0.2) is 8.42 Å². The number of methoxy groups -OCH3 is 1. The van der Waals surface area contributed by atoms with Gasteiger partial charge in [-0.1, -0.05) is 90.4 Å². The zero-order valence-corrected chi connectivity index (χ0v) is 28.0. The van der Waals surface area contributed by atoms with Crippen molar-refractivity contribution >= 4 is 43.5 Å². The number of nitrogens with zero attached hydrogens (tertiary/aromatic N) is 2. The number of hydrogen-bond acceptors (Lipinski definition) is 5. The molecule has 45 heavy (non-hydrogen) atoms. The van der Waals surface area contributed by atoms with Gasteiger partial charge in [0, 0.05) is 24.0 Å². The molecule has 0 spiro atoms. The SMILES string of the molecule is COc1ccc(N(CC(=O)N(Cc2ccc(Br)cc2)C(Cc2ccccc2)C(=O)NCC(C)C)S(=O)(=O)c2ccccc2)cc1. The van der Waals surface area contributed by atoms with Gasteiger partial charge < -0.3 is 15.0 Å². The molecule has 4 rings (SSSR count). The van der Waals surface area contributed by atoms with Crippen molar-refractivity contribution in [1.82, 2.24) is 10.2 Å². The second-order valence-corrected chi connectivity index (χ2v) is 13.8. The van der Waals surface area contributed by atoms with Crippen LogP contribution >= 0.6 is 15.9 Å². The van der Waals surface area contributed by atoms with Crippen molar-refractivity contribution in [3.63, 3.8) is 0 Å². The van der Waals surface area contributed by atoms with Gasteiger partial charge in [-0.05, 0) is 65.6 Å². The first-order valence-corrected chi connectivity index (χ1v) is 16.9. The van der Waals surface area contributed by atoms with Gasteiger partial charge in [0.15, 0.2) is 0 Å². The third kappa shape index (κ3) is 9.18. The molecular weight excluding hydrogens is 654 g/mol. The van der Waals surface area contributed by atoms with Crippen molar-refractivity contribution in [2.45, 2.75) is 37.8 Å². The van der Waals surface area contributed by atoms with Crippen molar-refractivity contribution in [3.05, 3.63) is 125 Å². The van der Waals surface area contributed by atoms with Gasteiger partial charge >= 0.3 is 0 Å². The zero-order chi connectivity index (χ0) is 32.4. The predicted molar refractivity (Wildman–Crippen MR) is 180 cm³/mol. The zero-order valence-electron chi connectivity index (χ0n) is 25.6. The molecule has 4 aromatic carbocycles. The van der Waals surface area contributed by atoms with Crippen LogP contribution in [-0.2, 0) is 32.6 Å². The molecular formula is C35H38BrN3O5S. The molecule has 0 aliphatic heterocycles. The van der Waals surface area contributed by atoms with E-state index in [1.54, 1.807) is 42.5 Å². The second-order valence-electron chi connectivity index (χ2n) is 11.0. The molecule has 0 aliphatic rings. The Bertz CT molecular complexity index is 1650. The molecule has 0 saturated carbocycles. The molecule has 0 aromatic heterocycles. The van der Waals surface area contributed by atoms with E-state index in [0.717, 1.165) is 19.9 Å². The van der Waals surface area contributed by atoms with Crippen LogP contribution in [0.1, 0.15) is 25.0 Å². The average Bonchev–Trinajstić information content (AvgIpc) is 3.05. The molecule has 0 fully saturated rings. The number of halogens is 1. The molecule has 0 radical (unpaired) electrons. The maximum atomic E-state index is 14.5. The molecule has 0 heterocycles. The van der Waals surface area contributed by atoms with E-state index in [1.165, 1.54) is 24.1 Å². The van der Waals surface area contributed by atoms with Crippen LogP contribution < -0.4 is 14.4 Å². The minimum absolute atomic E-state index is 0.0450. The van der Waals surface area contributed by atoms with E-state index < -0.39 is 28.5 Å². The van der Waals surface area contributed by atoms with Crippen LogP contribution in [0.5, 0.6) is 5.75 Å². The van der Waals surface area contributed by atoms with E-state index in [2.05, 4.69) is 21.2 Å². The van der Waals surface area contributed by atoms with E-state index in [1.807, 2.05) is 68.4 Å². The lowest BCUT2D eigenvalue weighted by atomic mass is 10.0. The molecule has 10 heteroatoms. The van der Waals surface area contributed by atoms with E-state index in [9.17, 15) is 18.0 Å². The number of amides is 2. The van der Waals surface area contributed by atoms with E-state index in [4.69, 9.17) is 4.74 Å². The predicted octanol–water partition coefficient (Wildman–Crippen LogP) is 6.07. The molecule has 0 saturated heterocycles. The Morgan fingerprint density at radius 1 is 0.822 bits per heavy atom. The van der Waals surface area contributed by atoms with Crippen LogP contribution in [0.4, 0.5) is 5.69 Å². The summed E-state index contributed by atoms with van der Waals surface area (Å²) < 4.78 is 35.3. The highest BCUT2D eigenvalue weighted by atomic mass is 79.9. The summed E-state index contributed by atoms with van der Waals surface area (Å²) in [6.07, 6.45) is 0.251. The fourth-order valence-corrected chi connectivity index (χ4v) is 6.46. The second kappa shape index (κ2) is 15.7. The summed E-state index contributed by atoms with van der Waals surface area (Å²) in [5, 5.41) is 3.00. The summed E-state index contributed by atoms with van der Waals surface area (Å²) in [5.74, 6) is -0.0823. The van der Waals surface area contributed by atoms with Crippen LogP contribution in [0, 0.1) is 5.92 Å². The lowest BCUT2D eigenvalue weighted by molar-refractivity contribution is -0.140. The van der Waals surface area contributed by atoms with E-state index >= 15 is 0 Å². The molecule has 1 N–H and O–H groups in total. The highest BCUT2D eigenvalue weighted by Gasteiger charge is 2.34. The Morgan fingerprint density at radius 3 is 2.00 bits per heavy atom. The highest BCUT2D eigenvalue weighted by molar-refractivity contribution is 9.10. The number of carbonyl (C=O) groups excluding carboxylic acids is 2. The number of hydrogen-bond donors (Lipinski definition) is 1. The summed E-state index contributed by atoms with van der Waals surface area (Å²) >= 11 is 3.46. The van der Waals surface area contributed by atoms with Crippen molar-refractivity contribution in [2.75, 3.05) is 24.5 Å². The Balaban J connectivity index is 1.78. The van der Waals surface area contributed by atoms with Crippen molar-refractivity contribution < 1.29 is 22.7 Å². The molecule has 8 nitrogen and oxygen atoms in total. The first-order valence-electron chi connectivity index (χ1n) is 14.7. The van der Waals surface area contributed by atoms with E-state index in [0.29, 0.717) is 18.0 Å². The number of benzene rings is 4. The highest BCUT2D eigenvalue weighted by Crippen LogP contribution is 2.27. The Labute approximate surface area is 274 Å². The first-order chi connectivity index (χ1) is 21.6. The maximum Gasteiger partial charge on any atom is 0.264 e. The largest absolute Gasteiger partial charge is 0.497 e. The lowest BCUT2D eigenvalue weighted by Crippen LogP contribution is -2.53. The smallest absolute Gasteiger partial charge is 0.264 e. The molecule has 1 atom stereocenters. The first kappa shape index (κ1) is 33.7. The third-order valence-corrected chi connectivity index (χ3v) is 9.51. The Hall–Kier alpha value is -4.15. The van der Waals surface area contributed by atoms with Gasteiger partial charge in [0.2, 0.25) is 11.8 Å². The average molecular weight is 693 g/mol. The minimum Gasteiger partial charge on any atom is -0.497 e. The summed E-state index contributed by atoms with van der Waals surface area (Å²) in [6, 6.07) is 30.5. The number of carbonyl (C=O) groups is 2. The normalized spacial score (nSPS) is 11.9. The molecule has 0 bridgehead atoms. The summed E-state index contributed by atoms with van der Waals surface area (Å²) in [7, 11) is -2.65. The topological polar surface area (TPSA) is 96.0 Å². The van der Waals surface area contributed by atoms with Gasteiger partial charge in [0.25, 0.3) is 10.0 Å². The van der Waals surface area contributed by atoms with Crippen molar-refractivity contribution in [3.8, 4) is 5.75 Å². The number of ether oxygens (including phenoxy) is 1. The fraction of sp³-hybridized carbons (Fsp3) is 0.257. The van der Waals surface area contributed by atoms with Crippen LogP contribution in [0.25, 0.3) is 0 Å². The molecule has 2 amide bonds. The van der Waals surface area contributed by atoms with Gasteiger partial charge in [-0.15, -0.1) is 0 Å². The van der Waals surface area contributed by atoms with Crippen LogP contribution in [0.15, 0.2) is 119 Å². The Morgan fingerprint density at radius 2 is 1.42 bits per heavy atom. The molecule has 0 aliphatic carbocycles. The van der Waals surface area contributed by atoms with Gasteiger partial charge in [-0.3, -0.25) is 13.9 Å². The van der Waals surface area contributed by atoms with Crippen LogP contribution in [0.2, 0.25) is 0 Å². The van der Waals surface area contributed by atoms with Gasteiger partial charge in [-0.2, -0.15) is 0 Å². The quantitative estimate of drug-likeness (QED) is 0.173. The maximum absolute atomic E-state index is 14.5. The van der Waals surface area contributed by atoms with Crippen molar-refractivity contribution in [2.24, 2.45) is 5.92 Å². The van der Waals surface area contributed by atoms with Gasteiger partial charge in [0.1, 0.15) is 18.3 Å². The van der Waals surface area contributed by atoms with Crippen LogP contribution in [-0.4, -0.2) is 51.4 Å². The number of anilines is 1. The molecule has 1 unspecified atom stereocenters. The summed E-state index contributed by atoms with van der Waals surface area (Å²) in [4.78, 5) is 29.8.